The Hall–Kier alpha value is -1.90. The molecule has 1 unspecified atom stereocenters. The normalized spacial score (nSPS) is 22.5. The van der Waals surface area contributed by atoms with Gasteiger partial charge in [0.2, 0.25) is 0 Å². The second-order valence-electron chi connectivity index (χ2n) is 6.76. The molecule has 1 aromatic rings. The van der Waals surface area contributed by atoms with E-state index in [4.69, 9.17) is 0 Å². The molecule has 1 atom stereocenters. The van der Waals surface area contributed by atoms with Crippen LogP contribution in [-0.2, 0) is 0 Å². The van der Waals surface area contributed by atoms with Crippen molar-refractivity contribution in [3.63, 3.8) is 0 Å². The van der Waals surface area contributed by atoms with Gasteiger partial charge < -0.3 is 9.80 Å². The van der Waals surface area contributed by atoms with Crippen LogP contribution in [0.5, 0.6) is 0 Å². The molecule has 2 aliphatic heterocycles. The highest BCUT2D eigenvalue weighted by atomic mass is 16.1. The van der Waals surface area contributed by atoms with Gasteiger partial charge in [0.1, 0.15) is 6.07 Å². The lowest BCUT2D eigenvalue weighted by atomic mass is 10.1. The van der Waals surface area contributed by atoms with Crippen LogP contribution in [0.4, 0.5) is 5.69 Å². The molecular formula is C19H26N4O. The average molecular weight is 326 g/mol. The topological polar surface area (TPSA) is 50.6 Å². The van der Waals surface area contributed by atoms with E-state index < -0.39 is 0 Å². The van der Waals surface area contributed by atoms with Crippen LogP contribution in [-0.4, -0.2) is 67.4 Å². The average Bonchev–Trinajstić information content (AvgIpc) is 3.11. The molecule has 2 aliphatic rings. The number of anilines is 1. The van der Waals surface area contributed by atoms with Crippen molar-refractivity contribution in [3.05, 3.63) is 29.3 Å². The molecular weight excluding hydrogens is 300 g/mol. The number of nitriles is 1. The second-order valence-corrected chi connectivity index (χ2v) is 6.76. The predicted molar refractivity (Wildman–Crippen MR) is 95.5 cm³/mol. The number of carbonyl (C=O) groups is 1. The third-order valence-electron chi connectivity index (χ3n) is 5.40. The molecule has 5 heteroatoms. The predicted octanol–water partition coefficient (Wildman–Crippen LogP) is 1.98. The molecule has 0 spiro atoms. The number of benzene rings is 1. The van der Waals surface area contributed by atoms with Gasteiger partial charge in [-0.15, -0.1) is 0 Å². The van der Waals surface area contributed by atoms with Crippen molar-refractivity contribution >= 4 is 11.5 Å². The molecule has 0 aliphatic carbocycles. The molecule has 1 aromatic carbocycles. The standard InChI is InChI=1S/C19H26N4O/c1-3-21-8-10-22(11-9-21)18-6-7-23(14-18)19-12-16(15(2)24)4-5-17(19)13-20/h4-5,12,18H,3,6-11,14H2,1-2H3. The van der Waals surface area contributed by atoms with Crippen molar-refractivity contribution < 1.29 is 4.79 Å². The van der Waals surface area contributed by atoms with Crippen LogP contribution in [0, 0.1) is 11.3 Å². The van der Waals surface area contributed by atoms with E-state index in [-0.39, 0.29) is 5.78 Å². The van der Waals surface area contributed by atoms with Crippen molar-refractivity contribution in [3.8, 4) is 6.07 Å². The SMILES string of the molecule is CCN1CCN(C2CCN(c3cc(C(C)=O)ccc3C#N)C2)CC1. The van der Waals surface area contributed by atoms with Crippen LogP contribution >= 0.6 is 0 Å². The maximum Gasteiger partial charge on any atom is 0.159 e. The minimum Gasteiger partial charge on any atom is -0.369 e. The van der Waals surface area contributed by atoms with Crippen LogP contribution in [0.2, 0.25) is 0 Å². The Balaban J connectivity index is 1.71. The van der Waals surface area contributed by atoms with E-state index in [9.17, 15) is 10.1 Å². The molecule has 0 N–H and O–H groups in total. The Morgan fingerprint density at radius 3 is 2.62 bits per heavy atom. The Morgan fingerprint density at radius 2 is 2.00 bits per heavy atom. The summed E-state index contributed by atoms with van der Waals surface area (Å²) in [5.41, 5.74) is 2.26. The highest BCUT2D eigenvalue weighted by Crippen LogP contribution is 2.28. The number of carbonyl (C=O) groups excluding carboxylic acids is 1. The summed E-state index contributed by atoms with van der Waals surface area (Å²) in [4.78, 5) is 19.0. The number of likely N-dealkylation sites (N-methyl/N-ethyl adjacent to an activating group) is 1. The summed E-state index contributed by atoms with van der Waals surface area (Å²) >= 11 is 0. The number of hydrogen-bond donors (Lipinski definition) is 0. The van der Waals surface area contributed by atoms with Gasteiger partial charge in [0, 0.05) is 50.9 Å². The van der Waals surface area contributed by atoms with Crippen LogP contribution in [0.25, 0.3) is 0 Å². The van der Waals surface area contributed by atoms with Crippen molar-refractivity contribution in [1.29, 1.82) is 5.26 Å². The summed E-state index contributed by atoms with van der Waals surface area (Å²) in [6, 6.07) is 8.24. The Morgan fingerprint density at radius 1 is 1.25 bits per heavy atom. The molecule has 0 saturated carbocycles. The summed E-state index contributed by atoms with van der Waals surface area (Å²) in [6.45, 7) is 11.4. The van der Waals surface area contributed by atoms with E-state index in [1.807, 2.05) is 6.07 Å². The molecule has 2 saturated heterocycles. The van der Waals surface area contributed by atoms with Gasteiger partial charge in [0.15, 0.2) is 5.78 Å². The van der Waals surface area contributed by atoms with Crippen LogP contribution in [0.3, 0.4) is 0 Å². The third kappa shape index (κ3) is 3.45. The Kier molecular flexibility index (Phi) is 5.17. The van der Waals surface area contributed by atoms with E-state index in [1.54, 1.807) is 19.1 Å². The molecule has 0 amide bonds. The summed E-state index contributed by atoms with van der Waals surface area (Å²) in [7, 11) is 0. The lowest BCUT2D eigenvalue weighted by Crippen LogP contribution is -2.50. The highest BCUT2D eigenvalue weighted by molar-refractivity contribution is 5.95. The summed E-state index contributed by atoms with van der Waals surface area (Å²) in [6.07, 6.45) is 1.13. The maximum absolute atomic E-state index is 11.7. The maximum atomic E-state index is 11.7. The van der Waals surface area contributed by atoms with Gasteiger partial charge in [0.25, 0.3) is 0 Å². The smallest absolute Gasteiger partial charge is 0.159 e. The van der Waals surface area contributed by atoms with Gasteiger partial charge in [-0.25, -0.2) is 0 Å². The molecule has 128 valence electrons. The molecule has 0 bridgehead atoms. The first kappa shape index (κ1) is 16.9. The minimum atomic E-state index is 0.0483. The number of piperazine rings is 1. The summed E-state index contributed by atoms with van der Waals surface area (Å²) < 4.78 is 0. The second kappa shape index (κ2) is 7.33. The van der Waals surface area contributed by atoms with Gasteiger partial charge in [-0.2, -0.15) is 5.26 Å². The zero-order valence-electron chi connectivity index (χ0n) is 14.7. The fourth-order valence-electron chi connectivity index (χ4n) is 3.81. The monoisotopic (exact) mass is 326 g/mol. The van der Waals surface area contributed by atoms with Gasteiger partial charge >= 0.3 is 0 Å². The molecule has 2 heterocycles. The molecule has 0 radical (unpaired) electrons. The number of Topliss-reactive ketones (excluding diaryl/α,β-unsaturated/α-hetero) is 1. The number of nitrogens with zero attached hydrogens (tertiary/aromatic N) is 4. The van der Waals surface area contributed by atoms with Crippen LogP contribution in [0.1, 0.15) is 36.2 Å². The van der Waals surface area contributed by atoms with E-state index in [2.05, 4.69) is 27.7 Å². The molecule has 2 fully saturated rings. The molecule has 24 heavy (non-hydrogen) atoms. The van der Waals surface area contributed by atoms with E-state index in [1.165, 1.54) is 0 Å². The first-order valence-corrected chi connectivity index (χ1v) is 8.88. The van der Waals surface area contributed by atoms with Crippen molar-refractivity contribution in [2.45, 2.75) is 26.3 Å². The Bertz CT molecular complexity index is 643. The lowest BCUT2D eigenvalue weighted by molar-refractivity contribution is 0.101. The van der Waals surface area contributed by atoms with Crippen LogP contribution < -0.4 is 4.90 Å². The molecule has 0 aromatic heterocycles. The van der Waals surface area contributed by atoms with E-state index in [0.29, 0.717) is 17.2 Å². The van der Waals surface area contributed by atoms with Crippen molar-refractivity contribution in [2.24, 2.45) is 0 Å². The lowest BCUT2D eigenvalue weighted by Gasteiger charge is -2.37. The summed E-state index contributed by atoms with van der Waals surface area (Å²) in [5.74, 6) is 0.0483. The van der Waals surface area contributed by atoms with Crippen molar-refractivity contribution in [1.82, 2.24) is 9.80 Å². The molecule has 3 rings (SSSR count). The van der Waals surface area contributed by atoms with Crippen molar-refractivity contribution in [2.75, 3.05) is 50.7 Å². The fraction of sp³-hybridized carbons (Fsp3) is 0.579. The first-order chi connectivity index (χ1) is 11.6. The number of ketones is 1. The van der Waals surface area contributed by atoms with Gasteiger partial charge in [-0.3, -0.25) is 9.69 Å². The largest absolute Gasteiger partial charge is 0.369 e. The van der Waals surface area contributed by atoms with Gasteiger partial charge in [0.05, 0.1) is 11.3 Å². The summed E-state index contributed by atoms with van der Waals surface area (Å²) in [5, 5.41) is 9.40. The number of rotatable bonds is 4. The van der Waals surface area contributed by atoms with E-state index in [0.717, 1.165) is 57.9 Å². The Labute approximate surface area is 144 Å². The quantitative estimate of drug-likeness (QED) is 0.792. The minimum absolute atomic E-state index is 0.0483. The fourth-order valence-corrected chi connectivity index (χ4v) is 3.81. The van der Waals surface area contributed by atoms with E-state index >= 15 is 0 Å². The molecule has 5 nitrogen and oxygen atoms in total. The zero-order valence-corrected chi connectivity index (χ0v) is 14.7. The number of hydrogen-bond acceptors (Lipinski definition) is 5. The highest BCUT2D eigenvalue weighted by Gasteiger charge is 2.30. The zero-order chi connectivity index (χ0) is 17.1. The van der Waals surface area contributed by atoms with Crippen LogP contribution in [0.15, 0.2) is 18.2 Å². The third-order valence-corrected chi connectivity index (χ3v) is 5.40. The first-order valence-electron chi connectivity index (χ1n) is 8.88. The van der Waals surface area contributed by atoms with Gasteiger partial charge in [-0.05, 0) is 38.1 Å². The van der Waals surface area contributed by atoms with Gasteiger partial charge in [-0.1, -0.05) is 6.92 Å².